The Kier molecular flexibility index (Phi) is 10.8. The lowest BCUT2D eigenvalue weighted by atomic mass is 9.95. The lowest BCUT2D eigenvalue weighted by Crippen LogP contribution is -2.10. The van der Waals surface area contributed by atoms with Gasteiger partial charge >= 0.3 is 0 Å². The van der Waals surface area contributed by atoms with Gasteiger partial charge < -0.3 is 13.9 Å². The summed E-state index contributed by atoms with van der Waals surface area (Å²) in [6.45, 7) is 0. The third-order valence-electron chi connectivity index (χ3n) is 14.8. The van der Waals surface area contributed by atoms with Crippen molar-refractivity contribution in [2.75, 3.05) is 4.90 Å². The van der Waals surface area contributed by atoms with Gasteiger partial charge in [0.2, 0.25) is 0 Å². The van der Waals surface area contributed by atoms with E-state index in [1.165, 1.54) is 71.9 Å². The van der Waals surface area contributed by atoms with Gasteiger partial charge in [0.15, 0.2) is 0 Å². The first-order valence-electron chi connectivity index (χ1n) is 25.6. The normalized spacial score (nSPS) is 11.5. The Labute approximate surface area is 436 Å². The molecule has 352 valence electrons. The average Bonchev–Trinajstić information content (AvgIpc) is 4.04. The molecule has 0 amide bonds. The van der Waals surface area contributed by atoms with Gasteiger partial charge in [0, 0.05) is 44.3 Å². The van der Waals surface area contributed by atoms with Gasteiger partial charge in [-0.15, -0.1) is 0 Å². The van der Waals surface area contributed by atoms with Crippen LogP contribution in [0.2, 0.25) is 0 Å². The molecule has 0 N–H and O–H groups in total. The quantitative estimate of drug-likeness (QED) is 0.136. The molecule has 75 heavy (non-hydrogen) atoms. The number of rotatable bonds is 10. The van der Waals surface area contributed by atoms with Crippen molar-refractivity contribution in [3.05, 3.63) is 291 Å². The Morgan fingerprint density at radius 1 is 0.253 bits per heavy atom. The number of aromatic nitrogens is 1. The van der Waals surface area contributed by atoms with Crippen molar-refractivity contribution >= 4 is 60.8 Å². The van der Waals surface area contributed by atoms with Crippen molar-refractivity contribution in [3.63, 3.8) is 0 Å². The third-order valence-corrected chi connectivity index (χ3v) is 14.8. The molecule has 0 atom stereocenters. The molecule has 0 aliphatic rings. The molecule has 0 saturated carbocycles. The van der Waals surface area contributed by atoms with E-state index in [0.717, 1.165) is 61.3 Å². The van der Waals surface area contributed by atoms with Crippen molar-refractivity contribution in [1.82, 2.24) is 4.57 Å². The third kappa shape index (κ3) is 8.04. The Balaban J connectivity index is 0.831. The molecule has 0 radical (unpaired) electrons. The summed E-state index contributed by atoms with van der Waals surface area (Å²) in [6, 6.07) is 105. The van der Waals surface area contributed by atoms with Crippen LogP contribution < -0.4 is 4.90 Å². The van der Waals surface area contributed by atoms with Gasteiger partial charge in [0.05, 0.1) is 11.0 Å². The topological polar surface area (TPSA) is 21.3 Å². The summed E-state index contributed by atoms with van der Waals surface area (Å²) in [5.41, 5.74) is 22.7. The van der Waals surface area contributed by atoms with Crippen LogP contribution >= 0.6 is 0 Å². The number of fused-ring (bicyclic) bond motifs is 6. The van der Waals surface area contributed by atoms with E-state index in [9.17, 15) is 0 Å². The van der Waals surface area contributed by atoms with Crippen molar-refractivity contribution in [2.45, 2.75) is 0 Å². The smallest absolute Gasteiger partial charge is 0.135 e. The molecule has 3 heteroatoms. The second-order valence-electron chi connectivity index (χ2n) is 19.3. The molecule has 14 aromatic rings. The highest BCUT2D eigenvalue weighted by Gasteiger charge is 2.19. The molecule has 12 aromatic carbocycles. The standard InChI is InChI=1S/C72H48N2O/c1-3-14-49(15-4-1)51-28-32-53(33-29-51)55-36-40-60(41-37-55)73(61-42-38-56(39-43-61)54-34-30-52(31-35-54)50-16-5-2-6-17-50)62-21-12-19-58(47-62)57-18-11-20-59(46-57)64-24-13-26-69-72(64)66-23-7-9-25-68(66)74(69)63-44-45-71-67(48-63)65-22-8-10-27-70(65)75-71/h1-48H. The average molecular weight is 957 g/mol. The van der Waals surface area contributed by atoms with Gasteiger partial charge in [0.1, 0.15) is 11.2 Å². The van der Waals surface area contributed by atoms with E-state index in [1.807, 2.05) is 12.1 Å². The molecular formula is C72H48N2O. The fraction of sp³-hybridized carbons (Fsp3) is 0. The Morgan fingerprint density at radius 2 is 0.693 bits per heavy atom. The predicted molar refractivity (Wildman–Crippen MR) is 315 cm³/mol. The fourth-order valence-electron chi connectivity index (χ4n) is 11.1. The van der Waals surface area contributed by atoms with E-state index >= 15 is 0 Å². The zero-order valence-corrected chi connectivity index (χ0v) is 41.0. The van der Waals surface area contributed by atoms with E-state index in [-0.39, 0.29) is 0 Å². The Morgan fingerprint density at radius 3 is 1.31 bits per heavy atom. The molecule has 3 nitrogen and oxygen atoms in total. The van der Waals surface area contributed by atoms with Gasteiger partial charge in [-0.25, -0.2) is 0 Å². The van der Waals surface area contributed by atoms with Crippen LogP contribution in [-0.4, -0.2) is 4.57 Å². The lowest BCUT2D eigenvalue weighted by Gasteiger charge is -2.26. The van der Waals surface area contributed by atoms with Crippen LogP contribution in [-0.2, 0) is 0 Å². The summed E-state index contributed by atoms with van der Waals surface area (Å²) >= 11 is 0. The highest BCUT2D eigenvalue weighted by atomic mass is 16.3. The minimum Gasteiger partial charge on any atom is -0.456 e. The van der Waals surface area contributed by atoms with Gasteiger partial charge in [-0.05, 0) is 146 Å². The van der Waals surface area contributed by atoms with Crippen molar-refractivity contribution in [1.29, 1.82) is 0 Å². The number of hydrogen-bond donors (Lipinski definition) is 0. The largest absolute Gasteiger partial charge is 0.456 e. The fourth-order valence-corrected chi connectivity index (χ4v) is 11.1. The second kappa shape index (κ2) is 18.6. The Bertz CT molecular complexity index is 4230. The number of para-hydroxylation sites is 2. The van der Waals surface area contributed by atoms with Crippen LogP contribution in [0.15, 0.2) is 296 Å². The summed E-state index contributed by atoms with van der Waals surface area (Å²) in [5, 5.41) is 4.68. The van der Waals surface area contributed by atoms with Crippen LogP contribution in [0.4, 0.5) is 17.1 Å². The molecular weight excluding hydrogens is 909 g/mol. The number of hydrogen-bond acceptors (Lipinski definition) is 2. The zero-order chi connectivity index (χ0) is 49.7. The first-order valence-corrected chi connectivity index (χ1v) is 25.6. The summed E-state index contributed by atoms with van der Waals surface area (Å²) in [5.74, 6) is 0. The molecule has 0 unspecified atom stereocenters. The van der Waals surface area contributed by atoms with E-state index < -0.39 is 0 Å². The van der Waals surface area contributed by atoms with Gasteiger partial charge in [-0.2, -0.15) is 0 Å². The van der Waals surface area contributed by atoms with Crippen LogP contribution in [0.25, 0.3) is 116 Å². The molecule has 14 rings (SSSR count). The van der Waals surface area contributed by atoms with Crippen LogP contribution in [0, 0.1) is 0 Å². The van der Waals surface area contributed by atoms with Crippen molar-refractivity contribution in [2.24, 2.45) is 0 Å². The van der Waals surface area contributed by atoms with Crippen molar-refractivity contribution in [3.8, 4) is 72.4 Å². The van der Waals surface area contributed by atoms with Gasteiger partial charge in [-0.3, -0.25) is 0 Å². The maximum Gasteiger partial charge on any atom is 0.135 e. The maximum atomic E-state index is 6.24. The van der Waals surface area contributed by atoms with Crippen molar-refractivity contribution < 1.29 is 4.42 Å². The number of anilines is 3. The second-order valence-corrected chi connectivity index (χ2v) is 19.3. The molecule has 0 saturated heterocycles. The molecule has 2 heterocycles. The Hall–Kier alpha value is -9.96. The molecule has 0 aliphatic heterocycles. The van der Waals surface area contributed by atoms with E-state index in [4.69, 9.17) is 4.42 Å². The lowest BCUT2D eigenvalue weighted by molar-refractivity contribution is 0.669. The molecule has 0 spiro atoms. The maximum absolute atomic E-state index is 6.24. The molecule has 0 aliphatic carbocycles. The highest BCUT2D eigenvalue weighted by Crippen LogP contribution is 2.43. The number of benzene rings is 12. The minimum absolute atomic E-state index is 0.892. The minimum atomic E-state index is 0.892. The zero-order valence-electron chi connectivity index (χ0n) is 41.0. The molecule has 2 aromatic heterocycles. The SMILES string of the molecule is c1ccc(-c2ccc(-c3ccc(N(c4ccc(-c5ccc(-c6ccccc6)cc5)cc4)c4cccc(-c5cccc(-c6cccc7c6c6ccccc6n7-c6ccc7oc8ccccc8c7c6)c5)c4)cc3)cc2)cc1. The monoisotopic (exact) mass is 956 g/mol. The highest BCUT2D eigenvalue weighted by molar-refractivity contribution is 6.16. The predicted octanol–water partition coefficient (Wildman–Crippen LogP) is 20.2. The van der Waals surface area contributed by atoms with Gasteiger partial charge in [0.25, 0.3) is 0 Å². The number of furan rings is 1. The van der Waals surface area contributed by atoms with Gasteiger partial charge in [-0.1, -0.05) is 212 Å². The van der Waals surface area contributed by atoms with E-state index in [0.29, 0.717) is 0 Å². The van der Waals surface area contributed by atoms with Crippen LogP contribution in [0.1, 0.15) is 0 Å². The van der Waals surface area contributed by atoms with E-state index in [2.05, 4.69) is 289 Å². The number of nitrogens with zero attached hydrogens (tertiary/aromatic N) is 2. The summed E-state index contributed by atoms with van der Waals surface area (Å²) < 4.78 is 8.65. The molecule has 0 fully saturated rings. The summed E-state index contributed by atoms with van der Waals surface area (Å²) in [4.78, 5) is 2.37. The summed E-state index contributed by atoms with van der Waals surface area (Å²) in [6.07, 6.45) is 0. The first-order chi connectivity index (χ1) is 37.2. The summed E-state index contributed by atoms with van der Waals surface area (Å²) in [7, 11) is 0. The van der Waals surface area contributed by atoms with E-state index in [1.54, 1.807) is 0 Å². The molecule has 0 bridgehead atoms. The van der Waals surface area contributed by atoms with Crippen LogP contribution in [0.3, 0.4) is 0 Å². The van der Waals surface area contributed by atoms with Crippen LogP contribution in [0.5, 0.6) is 0 Å². The first kappa shape index (κ1) is 43.8.